The number of amides is 1. The molecule has 0 spiro atoms. The minimum atomic E-state index is -0.0713. The third kappa shape index (κ3) is 2.91. The number of likely N-dealkylation sites (N-methyl/N-ethyl adjacent to an activating group) is 1. The molecule has 0 aliphatic carbocycles. The number of fused-ring (bicyclic) bond motifs is 1. The fraction of sp³-hybridized carbons (Fsp3) is 0.381. The monoisotopic (exact) mass is 322 g/mol. The van der Waals surface area contributed by atoms with Crippen LogP contribution in [-0.4, -0.2) is 25.5 Å². The predicted molar refractivity (Wildman–Crippen MR) is 101 cm³/mol. The molecule has 2 aromatic rings. The standard InChI is InChI=1S/C21H26N2O/c1-4-22(5-2)18-13-12-17-14-19(16-10-8-7-9-11-16)21(24)23(6-3)20(17)15-18/h7-13,15,19H,4-6,14H2,1-3H3. The number of benzene rings is 2. The highest BCUT2D eigenvalue weighted by molar-refractivity contribution is 6.01. The van der Waals surface area contributed by atoms with E-state index in [9.17, 15) is 4.79 Å². The van der Waals surface area contributed by atoms with Crippen molar-refractivity contribution >= 4 is 17.3 Å². The molecule has 0 N–H and O–H groups in total. The summed E-state index contributed by atoms with van der Waals surface area (Å²) in [6.07, 6.45) is 0.785. The van der Waals surface area contributed by atoms with E-state index in [-0.39, 0.29) is 11.8 Å². The molecule has 1 aliphatic heterocycles. The minimum absolute atomic E-state index is 0.0713. The van der Waals surface area contributed by atoms with E-state index in [1.54, 1.807) is 0 Å². The summed E-state index contributed by atoms with van der Waals surface area (Å²) in [4.78, 5) is 17.3. The first kappa shape index (κ1) is 16.6. The number of hydrogen-bond donors (Lipinski definition) is 0. The number of rotatable bonds is 5. The molecule has 0 saturated carbocycles. The van der Waals surface area contributed by atoms with Gasteiger partial charge in [0, 0.05) is 31.0 Å². The van der Waals surface area contributed by atoms with Gasteiger partial charge in [-0.3, -0.25) is 4.79 Å². The molecule has 0 fully saturated rings. The Morgan fingerprint density at radius 1 is 1.04 bits per heavy atom. The van der Waals surface area contributed by atoms with E-state index in [4.69, 9.17) is 0 Å². The zero-order valence-electron chi connectivity index (χ0n) is 14.8. The van der Waals surface area contributed by atoms with E-state index in [1.165, 1.54) is 11.3 Å². The number of hydrogen-bond acceptors (Lipinski definition) is 2. The van der Waals surface area contributed by atoms with Gasteiger partial charge in [-0.05, 0) is 50.5 Å². The van der Waals surface area contributed by atoms with Crippen molar-refractivity contribution in [3.05, 3.63) is 59.7 Å². The van der Waals surface area contributed by atoms with Gasteiger partial charge < -0.3 is 9.80 Å². The summed E-state index contributed by atoms with van der Waals surface area (Å²) < 4.78 is 0. The fourth-order valence-corrected chi connectivity index (χ4v) is 3.65. The molecule has 1 amide bonds. The van der Waals surface area contributed by atoms with Gasteiger partial charge in [-0.1, -0.05) is 36.4 Å². The number of anilines is 2. The highest BCUT2D eigenvalue weighted by Gasteiger charge is 2.33. The minimum Gasteiger partial charge on any atom is -0.372 e. The van der Waals surface area contributed by atoms with Gasteiger partial charge in [-0.15, -0.1) is 0 Å². The molecule has 24 heavy (non-hydrogen) atoms. The topological polar surface area (TPSA) is 23.6 Å². The van der Waals surface area contributed by atoms with Crippen LogP contribution in [0.5, 0.6) is 0 Å². The Hall–Kier alpha value is -2.29. The maximum absolute atomic E-state index is 13.1. The summed E-state index contributed by atoms with van der Waals surface area (Å²) in [6.45, 7) is 9.04. The molecule has 1 aliphatic rings. The van der Waals surface area contributed by atoms with E-state index in [2.05, 4.69) is 56.0 Å². The molecule has 0 saturated heterocycles. The molecule has 0 bridgehead atoms. The molecular weight excluding hydrogens is 296 g/mol. The highest BCUT2D eigenvalue weighted by atomic mass is 16.2. The van der Waals surface area contributed by atoms with Gasteiger partial charge in [0.15, 0.2) is 0 Å². The highest BCUT2D eigenvalue weighted by Crippen LogP contribution is 2.37. The lowest BCUT2D eigenvalue weighted by atomic mass is 9.86. The van der Waals surface area contributed by atoms with Crippen LogP contribution in [0.15, 0.2) is 48.5 Å². The average Bonchev–Trinajstić information content (AvgIpc) is 2.63. The van der Waals surface area contributed by atoms with Crippen LogP contribution >= 0.6 is 0 Å². The first-order valence-electron chi connectivity index (χ1n) is 8.93. The van der Waals surface area contributed by atoms with E-state index in [0.717, 1.165) is 30.8 Å². The fourth-order valence-electron chi connectivity index (χ4n) is 3.65. The second kappa shape index (κ2) is 7.08. The van der Waals surface area contributed by atoms with E-state index in [1.807, 2.05) is 23.1 Å². The summed E-state index contributed by atoms with van der Waals surface area (Å²) >= 11 is 0. The summed E-state index contributed by atoms with van der Waals surface area (Å²) in [5.74, 6) is 0.144. The van der Waals surface area contributed by atoms with Crippen molar-refractivity contribution in [2.45, 2.75) is 33.1 Å². The maximum atomic E-state index is 13.1. The average molecular weight is 322 g/mol. The lowest BCUT2D eigenvalue weighted by Crippen LogP contribution is -2.40. The first-order valence-corrected chi connectivity index (χ1v) is 8.93. The predicted octanol–water partition coefficient (Wildman–Crippen LogP) is 4.23. The summed E-state index contributed by atoms with van der Waals surface area (Å²) in [6, 6.07) is 16.7. The number of nitrogens with zero attached hydrogens (tertiary/aromatic N) is 2. The van der Waals surface area contributed by atoms with E-state index >= 15 is 0 Å². The molecule has 0 radical (unpaired) electrons. The lowest BCUT2D eigenvalue weighted by Gasteiger charge is -2.35. The summed E-state index contributed by atoms with van der Waals surface area (Å²) in [5.41, 5.74) is 4.66. The van der Waals surface area contributed by atoms with Gasteiger partial charge in [0.1, 0.15) is 0 Å². The van der Waals surface area contributed by atoms with Crippen molar-refractivity contribution in [3.8, 4) is 0 Å². The molecule has 126 valence electrons. The van der Waals surface area contributed by atoms with Gasteiger partial charge >= 0.3 is 0 Å². The Bertz CT molecular complexity index is 707. The second-order valence-electron chi connectivity index (χ2n) is 6.24. The normalized spacial score (nSPS) is 16.9. The zero-order chi connectivity index (χ0) is 17.1. The molecule has 3 nitrogen and oxygen atoms in total. The van der Waals surface area contributed by atoms with Crippen molar-refractivity contribution < 1.29 is 4.79 Å². The SMILES string of the molecule is CCN(CC)c1ccc2c(c1)N(CC)C(=O)C(c1ccccc1)C2. The van der Waals surface area contributed by atoms with Crippen LogP contribution in [0.25, 0.3) is 0 Å². The van der Waals surface area contributed by atoms with Gasteiger partial charge in [0.05, 0.1) is 5.92 Å². The van der Waals surface area contributed by atoms with Crippen molar-refractivity contribution in [1.82, 2.24) is 0 Å². The van der Waals surface area contributed by atoms with E-state index < -0.39 is 0 Å². The third-order valence-electron chi connectivity index (χ3n) is 4.99. The number of carbonyl (C=O) groups excluding carboxylic acids is 1. The Labute approximate surface area is 144 Å². The first-order chi connectivity index (χ1) is 11.7. The molecule has 0 aromatic heterocycles. The van der Waals surface area contributed by atoms with Crippen molar-refractivity contribution in [1.29, 1.82) is 0 Å². The Kier molecular flexibility index (Phi) is 4.89. The maximum Gasteiger partial charge on any atom is 0.234 e. The number of carbonyl (C=O) groups is 1. The molecule has 1 unspecified atom stereocenters. The summed E-state index contributed by atoms with van der Waals surface area (Å²) in [5, 5.41) is 0. The summed E-state index contributed by atoms with van der Waals surface area (Å²) in [7, 11) is 0. The smallest absolute Gasteiger partial charge is 0.234 e. The quantitative estimate of drug-likeness (QED) is 0.822. The van der Waals surface area contributed by atoms with Crippen LogP contribution in [0.1, 0.15) is 37.8 Å². The van der Waals surface area contributed by atoms with Gasteiger partial charge in [-0.25, -0.2) is 0 Å². The molecular formula is C21H26N2O. The van der Waals surface area contributed by atoms with E-state index in [0.29, 0.717) is 6.54 Å². The largest absolute Gasteiger partial charge is 0.372 e. The van der Waals surface area contributed by atoms with Gasteiger partial charge in [-0.2, -0.15) is 0 Å². The Morgan fingerprint density at radius 3 is 2.38 bits per heavy atom. The molecule has 1 atom stereocenters. The Balaban J connectivity index is 2.01. The van der Waals surface area contributed by atoms with Gasteiger partial charge in [0.25, 0.3) is 0 Å². The van der Waals surface area contributed by atoms with Crippen LogP contribution in [0.3, 0.4) is 0 Å². The molecule has 3 rings (SSSR count). The molecule has 3 heteroatoms. The van der Waals surface area contributed by atoms with Crippen molar-refractivity contribution in [3.63, 3.8) is 0 Å². The van der Waals surface area contributed by atoms with Crippen LogP contribution in [-0.2, 0) is 11.2 Å². The second-order valence-corrected chi connectivity index (χ2v) is 6.24. The van der Waals surface area contributed by atoms with Crippen LogP contribution in [0.4, 0.5) is 11.4 Å². The molecule has 2 aromatic carbocycles. The molecule has 1 heterocycles. The van der Waals surface area contributed by atoms with Crippen LogP contribution in [0, 0.1) is 0 Å². The van der Waals surface area contributed by atoms with Crippen LogP contribution < -0.4 is 9.80 Å². The zero-order valence-corrected chi connectivity index (χ0v) is 14.8. The van der Waals surface area contributed by atoms with Gasteiger partial charge in [0.2, 0.25) is 5.91 Å². The van der Waals surface area contributed by atoms with Crippen LogP contribution in [0.2, 0.25) is 0 Å². The van der Waals surface area contributed by atoms with Crippen molar-refractivity contribution in [2.24, 2.45) is 0 Å². The lowest BCUT2D eigenvalue weighted by molar-refractivity contribution is -0.120. The third-order valence-corrected chi connectivity index (χ3v) is 4.99. The Morgan fingerprint density at radius 2 is 1.75 bits per heavy atom. The van der Waals surface area contributed by atoms with Crippen molar-refractivity contribution in [2.75, 3.05) is 29.4 Å².